The summed E-state index contributed by atoms with van der Waals surface area (Å²) in [6.45, 7) is 2.86. The van der Waals surface area contributed by atoms with Crippen molar-refractivity contribution in [2.75, 3.05) is 34.0 Å². The molecule has 0 spiro atoms. The van der Waals surface area contributed by atoms with E-state index in [2.05, 4.69) is 36.5 Å². The molecule has 0 saturated carbocycles. The molecule has 1 aliphatic heterocycles. The zero-order valence-electron chi connectivity index (χ0n) is 23.5. The number of hydrogen-bond donors (Lipinski definition) is 5. The van der Waals surface area contributed by atoms with Crippen molar-refractivity contribution in [1.82, 2.24) is 5.32 Å². The molecule has 1 saturated heterocycles. The standard InChI is InChI=1S/C31H39NO9/c1-19-21(10-7-11-23(19)20-8-5-4-6-9-20)18-40-22-14-25(37-2)24(26(15-22)38-3)16-32-12-13-39-31-30(36)29(35)28(34)27(17-33)41-31/h4-11,14-15,27-36H,12-13,16-18H2,1-3H3/t27-,28-,29+,30+,31+/m1/s1. The third kappa shape index (κ3) is 7.35. The van der Waals surface area contributed by atoms with E-state index in [9.17, 15) is 20.4 Å². The minimum atomic E-state index is -1.48. The Morgan fingerprint density at radius 2 is 1.59 bits per heavy atom. The predicted octanol–water partition coefficient (Wildman–Crippen LogP) is 2.16. The van der Waals surface area contributed by atoms with Crippen LogP contribution in [0.5, 0.6) is 17.2 Å². The number of rotatable bonds is 13. The summed E-state index contributed by atoms with van der Waals surface area (Å²) in [5.74, 6) is 1.80. The van der Waals surface area contributed by atoms with Gasteiger partial charge in [0.15, 0.2) is 6.29 Å². The highest BCUT2D eigenvalue weighted by molar-refractivity contribution is 5.68. The molecule has 41 heavy (non-hydrogen) atoms. The fourth-order valence-corrected chi connectivity index (χ4v) is 4.81. The van der Waals surface area contributed by atoms with Gasteiger partial charge < -0.3 is 49.4 Å². The van der Waals surface area contributed by atoms with Gasteiger partial charge in [0.25, 0.3) is 0 Å². The zero-order chi connectivity index (χ0) is 29.4. The Hall–Kier alpha value is -3.22. The Kier molecular flexibility index (Phi) is 10.9. The lowest BCUT2D eigenvalue weighted by Gasteiger charge is -2.39. The van der Waals surface area contributed by atoms with Crippen molar-refractivity contribution < 1.29 is 44.1 Å². The molecule has 0 bridgehead atoms. The average Bonchev–Trinajstić information content (AvgIpc) is 3.00. The molecule has 5 N–H and O–H groups in total. The second-order valence-corrected chi connectivity index (χ2v) is 9.80. The zero-order valence-corrected chi connectivity index (χ0v) is 23.5. The van der Waals surface area contributed by atoms with E-state index in [0.717, 1.165) is 22.3 Å². The van der Waals surface area contributed by atoms with Crippen molar-refractivity contribution in [3.63, 3.8) is 0 Å². The van der Waals surface area contributed by atoms with Gasteiger partial charge in [0.1, 0.15) is 48.3 Å². The highest BCUT2D eigenvalue weighted by atomic mass is 16.7. The van der Waals surface area contributed by atoms with Gasteiger partial charge in [-0.2, -0.15) is 0 Å². The first kappa shape index (κ1) is 30.7. The average molecular weight is 570 g/mol. The number of aliphatic hydroxyl groups excluding tert-OH is 4. The van der Waals surface area contributed by atoms with Crippen LogP contribution in [0.25, 0.3) is 11.1 Å². The molecule has 0 aliphatic carbocycles. The molecule has 1 fully saturated rings. The van der Waals surface area contributed by atoms with Gasteiger partial charge in [-0.25, -0.2) is 0 Å². The summed E-state index contributed by atoms with van der Waals surface area (Å²) in [5, 5.41) is 42.5. The van der Waals surface area contributed by atoms with Crippen molar-refractivity contribution in [2.45, 2.75) is 50.8 Å². The van der Waals surface area contributed by atoms with Crippen LogP contribution in [0.2, 0.25) is 0 Å². The van der Waals surface area contributed by atoms with E-state index in [1.165, 1.54) is 5.56 Å². The third-order valence-electron chi connectivity index (χ3n) is 7.22. The van der Waals surface area contributed by atoms with Gasteiger partial charge in [-0.05, 0) is 29.2 Å². The van der Waals surface area contributed by atoms with Gasteiger partial charge in [-0.3, -0.25) is 0 Å². The molecule has 1 aliphatic rings. The van der Waals surface area contributed by atoms with E-state index in [4.69, 9.17) is 23.7 Å². The van der Waals surface area contributed by atoms with Crippen LogP contribution in [-0.4, -0.2) is 85.1 Å². The summed E-state index contributed by atoms with van der Waals surface area (Å²) in [5.41, 5.74) is 5.35. The van der Waals surface area contributed by atoms with E-state index < -0.39 is 37.3 Å². The van der Waals surface area contributed by atoms with Gasteiger partial charge >= 0.3 is 0 Å². The highest BCUT2D eigenvalue weighted by Gasteiger charge is 2.43. The van der Waals surface area contributed by atoms with Gasteiger partial charge in [0, 0.05) is 25.2 Å². The van der Waals surface area contributed by atoms with Crippen LogP contribution in [-0.2, 0) is 22.6 Å². The van der Waals surface area contributed by atoms with Crippen molar-refractivity contribution in [3.8, 4) is 28.4 Å². The molecule has 0 aromatic heterocycles. The molecule has 5 atom stereocenters. The van der Waals surface area contributed by atoms with E-state index in [1.54, 1.807) is 14.2 Å². The topological polar surface area (TPSA) is 139 Å². The van der Waals surface area contributed by atoms with E-state index in [1.807, 2.05) is 36.4 Å². The van der Waals surface area contributed by atoms with Crippen LogP contribution in [0.15, 0.2) is 60.7 Å². The fourth-order valence-electron chi connectivity index (χ4n) is 4.81. The summed E-state index contributed by atoms with van der Waals surface area (Å²) in [6.07, 6.45) is -6.54. The summed E-state index contributed by atoms with van der Waals surface area (Å²) < 4.78 is 28.3. The normalized spacial score (nSPS) is 22.4. The first-order valence-corrected chi connectivity index (χ1v) is 13.5. The van der Waals surface area contributed by atoms with Crippen LogP contribution < -0.4 is 19.5 Å². The molecular formula is C31H39NO9. The van der Waals surface area contributed by atoms with Crippen molar-refractivity contribution in [1.29, 1.82) is 0 Å². The minimum Gasteiger partial charge on any atom is -0.496 e. The monoisotopic (exact) mass is 569 g/mol. The Morgan fingerprint density at radius 1 is 0.878 bits per heavy atom. The SMILES string of the molecule is COc1cc(OCc2cccc(-c3ccccc3)c2C)cc(OC)c1CNCCO[C@H]1O[C@H](CO)[C@@H](O)[C@H](O)[C@@H]1O. The Morgan fingerprint density at radius 3 is 2.24 bits per heavy atom. The lowest BCUT2D eigenvalue weighted by atomic mass is 9.97. The van der Waals surface area contributed by atoms with Crippen LogP contribution in [0.4, 0.5) is 0 Å². The number of aliphatic hydroxyl groups is 4. The molecule has 3 aromatic rings. The first-order chi connectivity index (χ1) is 19.9. The van der Waals surface area contributed by atoms with E-state index >= 15 is 0 Å². The second kappa shape index (κ2) is 14.6. The maximum Gasteiger partial charge on any atom is 0.186 e. The molecule has 0 unspecified atom stereocenters. The van der Waals surface area contributed by atoms with Crippen LogP contribution in [0, 0.1) is 6.92 Å². The number of ether oxygens (including phenoxy) is 5. The second-order valence-electron chi connectivity index (χ2n) is 9.80. The fraction of sp³-hybridized carbons (Fsp3) is 0.419. The Labute approximate surface area is 240 Å². The maximum atomic E-state index is 10.1. The lowest BCUT2D eigenvalue weighted by molar-refractivity contribution is -0.300. The molecule has 10 nitrogen and oxygen atoms in total. The van der Waals surface area contributed by atoms with Gasteiger partial charge in [0.2, 0.25) is 0 Å². The Balaban J connectivity index is 1.35. The summed E-state index contributed by atoms with van der Waals surface area (Å²) in [4.78, 5) is 0. The van der Waals surface area contributed by atoms with E-state index in [-0.39, 0.29) is 6.61 Å². The third-order valence-corrected chi connectivity index (χ3v) is 7.22. The number of hydrogen-bond acceptors (Lipinski definition) is 10. The number of methoxy groups -OCH3 is 2. The quantitative estimate of drug-likeness (QED) is 0.195. The molecule has 10 heteroatoms. The summed E-state index contributed by atoms with van der Waals surface area (Å²) in [7, 11) is 3.16. The van der Waals surface area contributed by atoms with Crippen LogP contribution in [0.1, 0.15) is 16.7 Å². The van der Waals surface area contributed by atoms with Gasteiger partial charge in [-0.1, -0.05) is 48.5 Å². The molecule has 222 valence electrons. The molecule has 4 rings (SSSR count). The minimum absolute atomic E-state index is 0.135. The summed E-state index contributed by atoms with van der Waals surface area (Å²) >= 11 is 0. The molecular weight excluding hydrogens is 530 g/mol. The summed E-state index contributed by atoms with van der Waals surface area (Å²) in [6, 6.07) is 20.1. The predicted molar refractivity (Wildman–Crippen MR) is 152 cm³/mol. The lowest BCUT2D eigenvalue weighted by Crippen LogP contribution is -2.59. The van der Waals surface area contributed by atoms with Gasteiger partial charge in [-0.15, -0.1) is 0 Å². The van der Waals surface area contributed by atoms with E-state index in [0.29, 0.717) is 36.9 Å². The van der Waals surface area contributed by atoms with Crippen LogP contribution in [0.3, 0.4) is 0 Å². The van der Waals surface area contributed by atoms with Crippen molar-refractivity contribution in [2.24, 2.45) is 0 Å². The maximum absolute atomic E-state index is 10.1. The molecule has 0 radical (unpaired) electrons. The largest absolute Gasteiger partial charge is 0.496 e. The molecule has 1 heterocycles. The van der Waals surface area contributed by atoms with Crippen molar-refractivity contribution in [3.05, 3.63) is 77.4 Å². The number of nitrogens with one attached hydrogen (secondary N) is 1. The highest BCUT2D eigenvalue weighted by Crippen LogP contribution is 2.35. The van der Waals surface area contributed by atoms with Crippen molar-refractivity contribution >= 4 is 0 Å². The van der Waals surface area contributed by atoms with Crippen LogP contribution >= 0.6 is 0 Å². The molecule has 0 amide bonds. The van der Waals surface area contributed by atoms with Gasteiger partial charge in [0.05, 0.1) is 33.0 Å². The first-order valence-electron chi connectivity index (χ1n) is 13.5. The molecule has 3 aromatic carbocycles. The Bertz CT molecular complexity index is 1230. The smallest absolute Gasteiger partial charge is 0.186 e. The number of benzene rings is 3.